The van der Waals surface area contributed by atoms with Crippen LogP contribution in [-0.4, -0.2) is 35.7 Å². The maximum Gasteiger partial charge on any atom is 0.401 e. The van der Waals surface area contributed by atoms with Crippen LogP contribution >= 0.6 is 0 Å². The van der Waals surface area contributed by atoms with Gasteiger partial charge in [-0.1, -0.05) is 6.07 Å². The lowest BCUT2D eigenvalue weighted by Gasteiger charge is -2.28. The van der Waals surface area contributed by atoms with Crippen LogP contribution in [0.15, 0.2) is 18.3 Å². The van der Waals surface area contributed by atoms with Crippen LogP contribution in [0.2, 0.25) is 0 Å². The second-order valence-corrected chi connectivity index (χ2v) is 4.38. The van der Waals surface area contributed by atoms with E-state index in [0.717, 1.165) is 5.56 Å². The van der Waals surface area contributed by atoms with Gasteiger partial charge in [0.05, 0.1) is 6.54 Å². The maximum absolute atomic E-state index is 12.5. The van der Waals surface area contributed by atoms with Crippen molar-refractivity contribution in [2.75, 3.05) is 18.9 Å². The molecule has 0 saturated heterocycles. The number of hydrogen-bond donors (Lipinski definition) is 1. The van der Waals surface area contributed by atoms with Gasteiger partial charge in [0.2, 0.25) is 0 Å². The van der Waals surface area contributed by atoms with Gasteiger partial charge in [0.1, 0.15) is 5.82 Å². The largest absolute Gasteiger partial charge is 0.401 e. The third-order valence-corrected chi connectivity index (χ3v) is 2.61. The summed E-state index contributed by atoms with van der Waals surface area (Å²) in [5.41, 5.74) is 0.762. The standard InChI is InChI=1S/C12H18F3N3/c1-9(2)18(8-12(13,14)15)7-10-5-4-6-17-11(10)16-3/h4-6,9H,7-8H2,1-3H3,(H,16,17). The maximum atomic E-state index is 12.5. The molecule has 0 amide bonds. The number of rotatable bonds is 5. The van der Waals surface area contributed by atoms with Gasteiger partial charge in [0.15, 0.2) is 0 Å². The van der Waals surface area contributed by atoms with Gasteiger partial charge in [-0.3, -0.25) is 4.90 Å². The molecule has 1 aromatic heterocycles. The minimum absolute atomic E-state index is 0.184. The van der Waals surface area contributed by atoms with Crippen LogP contribution < -0.4 is 5.32 Å². The molecule has 0 unspecified atom stereocenters. The van der Waals surface area contributed by atoms with Crippen LogP contribution in [-0.2, 0) is 6.54 Å². The Bertz CT molecular complexity index is 377. The van der Waals surface area contributed by atoms with E-state index in [9.17, 15) is 13.2 Å². The highest BCUT2D eigenvalue weighted by molar-refractivity contribution is 5.42. The Labute approximate surface area is 105 Å². The Balaban J connectivity index is 2.83. The smallest absolute Gasteiger partial charge is 0.373 e. The van der Waals surface area contributed by atoms with E-state index in [1.54, 1.807) is 39.2 Å². The Morgan fingerprint density at radius 2 is 2.06 bits per heavy atom. The lowest BCUT2D eigenvalue weighted by atomic mass is 10.2. The van der Waals surface area contributed by atoms with Crippen molar-refractivity contribution in [3.63, 3.8) is 0 Å². The van der Waals surface area contributed by atoms with Crippen molar-refractivity contribution < 1.29 is 13.2 Å². The normalized spacial score (nSPS) is 12.2. The lowest BCUT2D eigenvalue weighted by Crippen LogP contribution is -2.38. The zero-order valence-electron chi connectivity index (χ0n) is 10.8. The van der Waals surface area contributed by atoms with Gasteiger partial charge in [-0.2, -0.15) is 13.2 Å². The molecule has 1 N–H and O–H groups in total. The summed E-state index contributed by atoms with van der Waals surface area (Å²) in [5.74, 6) is 0.616. The van der Waals surface area contributed by atoms with Crippen LogP contribution in [0.1, 0.15) is 19.4 Å². The van der Waals surface area contributed by atoms with Gasteiger partial charge in [0.25, 0.3) is 0 Å². The molecule has 1 heterocycles. The highest BCUT2D eigenvalue weighted by Gasteiger charge is 2.32. The van der Waals surface area contributed by atoms with E-state index in [2.05, 4.69) is 10.3 Å². The highest BCUT2D eigenvalue weighted by Crippen LogP contribution is 2.21. The summed E-state index contributed by atoms with van der Waals surface area (Å²) in [5, 5.41) is 2.88. The van der Waals surface area contributed by atoms with Crippen LogP contribution in [0.5, 0.6) is 0 Å². The fourth-order valence-corrected chi connectivity index (χ4v) is 1.66. The van der Waals surface area contributed by atoms with Gasteiger partial charge in [-0.15, -0.1) is 0 Å². The highest BCUT2D eigenvalue weighted by atomic mass is 19.4. The minimum Gasteiger partial charge on any atom is -0.373 e. The second-order valence-electron chi connectivity index (χ2n) is 4.38. The van der Waals surface area contributed by atoms with Gasteiger partial charge in [-0.25, -0.2) is 4.98 Å². The second kappa shape index (κ2) is 6.04. The minimum atomic E-state index is -4.19. The first-order valence-electron chi connectivity index (χ1n) is 5.76. The molecule has 3 nitrogen and oxygen atoms in total. The predicted molar refractivity (Wildman–Crippen MR) is 65.4 cm³/mol. The molecule has 102 valence electrons. The number of pyridine rings is 1. The van der Waals surface area contributed by atoms with Crippen molar-refractivity contribution in [1.29, 1.82) is 0 Å². The summed E-state index contributed by atoms with van der Waals surface area (Å²) >= 11 is 0. The van der Waals surface area contributed by atoms with Crippen LogP contribution in [0.4, 0.5) is 19.0 Å². The van der Waals surface area contributed by atoms with Crippen LogP contribution in [0.25, 0.3) is 0 Å². The Kier molecular flexibility index (Phi) is 4.95. The van der Waals surface area contributed by atoms with Crippen molar-refractivity contribution in [1.82, 2.24) is 9.88 Å². The summed E-state index contributed by atoms with van der Waals surface area (Å²) < 4.78 is 37.4. The van der Waals surface area contributed by atoms with Crippen LogP contribution in [0.3, 0.4) is 0 Å². The molecule has 6 heteroatoms. The molecule has 1 rings (SSSR count). The number of hydrogen-bond acceptors (Lipinski definition) is 3. The Morgan fingerprint density at radius 1 is 1.39 bits per heavy atom. The summed E-state index contributed by atoms with van der Waals surface area (Å²) in [4.78, 5) is 5.46. The summed E-state index contributed by atoms with van der Waals surface area (Å²) in [6.45, 7) is 2.81. The number of anilines is 1. The van der Waals surface area contributed by atoms with E-state index in [-0.39, 0.29) is 12.6 Å². The van der Waals surface area contributed by atoms with Crippen molar-refractivity contribution in [3.05, 3.63) is 23.9 Å². The molecule has 0 spiro atoms. The molecule has 0 aromatic carbocycles. The van der Waals surface area contributed by atoms with Crippen molar-refractivity contribution in [3.8, 4) is 0 Å². The van der Waals surface area contributed by atoms with Gasteiger partial charge >= 0.3 is 6.18 Å². The predicted octanol–water partition coefficient (Wildman–Crippen LogP) is 2.90. The number of nitrogens with one attached hydrogen (secondary N) is 1. The summed E-state index contributed by atoms with van der Waals surface area (Å²) in [6, 6.07) is 3.32. The third-order valence-electron chi connectivity index (χ3n) is 2.61. The van der Waals surface area contributed by atoms with E-state index in [1.165, 1.54) is 4.90 Å². The quantitative estimate of drug-likeness (QED) is 0.883. The van der Waals surface area contributed by atoms with Crippen molar-refractivity contribution >= 4 is 5.82 Å². The van der Waals surface area contributed by atoms with Gasteiger partial charge in [-0.05, 0) is 19.9 Å². The van der Waals surface area contributed by atoms with E-state index in [4.69, 9.17) is 0 Å². The molecule has 0 bridgehead atoms. The number of alkyl halides is 3. The van der Waals surface area contributed by atoms with Gasteiger partial charge in [0, 0.05) is 31.4 Å². The van der Waals surface area contributed by atoms with Gasteiger partial charge < -0.3 is 5.32 Å². The number of aromatic nitrogens is 1. The Morgan fingerprint density at radius 3 is 2.56 bits per heavy atom. The third kappa shape index (κ3) is 4.52. The first-order chi connectivity index (χ1) is 8.33. The molecule has 0 aliphatic heterocycles. The molecule has 1 aromatic rings. The zero-order valence-corrected chi connectivity index (χ0v) is 10.8. The summed E-state index contributed by atoms with van der Waals surface area (Å²) in [7, 11) is 1.70. The first-order valence-corrected chi connectivity index (χ1v) is 5.76. The van der Waals surface area contributed by atoms with Crippen molar-refractivity contribution in [2.45, 2.75) is 32.6 Å². The molecular formula is C12H18F3N3. The SMILES string of the molecule is CNc1ncccc1CN(CC(F)(F)F)C(C)C. The monoisotopic (exact) mass is 261 g/mol. The van der Waals surface area contributed by atoms with E-state index in [0.29, 0.717) is 5.82 Å². The molecule has 0 radical (unpaired) electrons. The topological polar surface area (TPSA) is 28.2 Å². The molecule has 0 atom stereocenters. The van der Waals surface area contributed by atoms with E-state index in [1.807, 2.05) is 0 Å². The zero-order chi connectivity index (χ0) is 13.8. The number of nitrogens with zero attached hydrogens (tertiary/aromatic N) is 2. The van der Waals surface area contributed by atoms with Crippen LogP contribution in [0, 0.1) is 0 Å². The first kappa shape index (κ1) is 14.8. The van der Waals surface area contributed by atoms with E-state index >= 15 is 0 Å². The summed E-state index contributed by atoms with van der Waals surface area (Å²) in [6.07, 6.45) is -2.58. The average molecular weight is 261 g/mol. The number of halogens is 3. The van der Waals surface area contributed by atoms with Crippen molar-refractivity contribution in [2.24, 2.45) is 0 Å². The molecule has 18 heavy (non-hydrogen) atoms. The fourth-order valence-electron chi connectivity index (χ4n) is 1.66. The fraction of sp³-hybridized carbons (Fsp3) is 0.583. The average Bonchev–Trinajstić information content (AvgIpc) is 2.27. The lowest BCUT2D eigenvalue weighted by molar-refractivity contribution is -0.150. The molecule has 0 saturated carbocycles. The molecule has 0 aliphatic rings. The molecule has 0 fully saturated rings. The molecule has 0 aliphatic carbocycles. The molecular weight excluding hydrogens is 243 g/mol. The van der Waals surface area contributed by atoms with E-state index < -0.39 is 12.7 Å². The Hall–Kier alpha value is -1.30.